The van der Waals surface area contributed by atoms with Gasteiger partial charge in [0, 0.05) is 25.2 Å². The van der Waals surface area contributed by atoms with E-state index in [0.29, 0.717) is 12.0 Å². The van der Waals surface area contributed by atoms with Crippen LogP contribution in [0.25, 0.3) is 0 Å². The second-order valence-corrected chi connectivity index (χ2v) is 6.17. The fourth-order valence-corrected chi connectivity index (χ4v) is 3.69. The third-order valence-electron chi connectivity index (χ3n) is 4.31. The molecule has 0 radical (unpaired) electrons. The van der Waals surface area contributed by atoms with Crippen LogP contribution in [0.1, 0.15) is 19.3 Å². The molecule has 3 unspecified atom stereocenters. The molecule has 2 N–H and O–H groups in total. The maximum atomic E-state index is 6.25. The van der Waals surface area contributed by atoms with Gasteiger partial charge >= 0.3 is 0 Å². The van der Waals surface area contributed by atoms with Crippen molar-refractivity contribution in [2.75, 3.05) is 24.2 Å². The van der Waals surface area contributed by atoms with E-state index < -0.39 is 0 Å². The molecule has 2 heterocycles. The molecule has 1 aliphatic carbocycles. The van der Waals surface area contributed by atoms with Crippen molar-refractivity contribution in [3.8, 4) is 0 Å². The highest BCUT2D eigenvalue weighted by Crippen LogP contribution is 2.37. The molecule has 1 aromatic heterocycles. The van der Waals surface area contributed by atoms with Crippen molar-refractivity contribution in [3.05, 3.63) is 12.4 Å². The third kappa shape index (κ3) is 2.21. The van der Waals surface area contributed by atoms with Crippen molar-refractivity contribution in [1.29, 1.82) is 0 Å². The lowest BCUT2D eigenvalue weighted by atomic mass is 9.78. The highest BCUT2D eigenvalue weighted by Gasteiger charge is 2.39. The van der Waals surface area contributed by atoms with Gasteiger partial charge in [0.05, 0.1) is 0 Å². The number of thioether (sulfide) groups is 1. The normalized spacial score (nSPS) is 31.4. The Morgan fingerprint density at radius 3 is 3.00 bits per heavy atom. The first-order valence-corrected chi connectivity index (χ1v) is 7.87. The Labute approximate surface area is 112 Å². The van der Waals surface area contributed by atoms with Crippen LogP contribution in [-0.2, 0) is 0 Å². The Kier molecular flexibility index (Phi) is 3.43. The van der Waals surface area contributed by atoms with Gasteiger partial charge in [0.2, 0.25) is 0 Å². The number of fused-ring (bicyclic) bond motifs is 1. The Morgan fingerprint density at radius 1 is 1.33 bits per heavy atom. The van der Waals surface area contributed by atoms with E-state index in [1.54, 1.807) is 18.1 Å². The van der Waals surface area contributed by atoms with Crippen LogP contribution >= 0.6 is 11.8 Å². The van der Waals surface area contributed by atoms with Crippen LogP contribution in [-0.4, -0.2) is 35.4 Å². The summed E-state index contributed by atoms with van der Waals surface area (Å²) in [6.07, 6.45) is 7.52. The summed E-state index contributed by atoms with van der Waals surface area (Å²) >= 11 is 1.67. The SMILES string of the molecule is CSc1cc(N2CC3CCCC(N)C3C2)ncn1. The summed E-state index contributed by atoms with van der Waals surface area (Å²) in [5.74, 6) is 2.49. The van der Waals surface area contributed by atoms with E-state index in [0.717, 1.165) is 29.9 Å². The molecule has 1 saturated carbocycles. The molecule has 4 nitrogen and oxygen atoms in total. The minimum absolute atomic E-state index is 0.385. The zero-order valence-electron chi connectivity index (χ0n) is 10.7. The smallest absolute Gasteiger partial charge is 0.133 e. The molecule has 0 aromatic carbocycles. The topological polar surface area (TPSA) is 55.0 Å². The maximum absolute atomic E-state index is 6.25. The van der Waals surface area contributed by atoms with E-state index in [1.807, 2.05) is 6.26 Å². The molecular weight excluding hydrogens is 244 g/mol. The second kappa shape index (κ2) is 5.05. The second-order valence-electron chi connectivity index (χ2n) is 5.34. The average Bonchev–Trinajstić information content (AvgIpc) is 2.84. The molecule has 98 valence electrons. The highest BCUT2D eigenvalue weighted by atomic mass is 32.2. The molecule has 0 amide bonds. The van der Waals surface area contributed by atoms with Crippen molar-refractivity contribution in [2.45, 2.75) is 30.3 Å². The lowest BCUT2D eigenvalue weighted by molar-refractivity contribution is 0.260. The van der Waals surface area contributed by atoms with Gasteiger partial charge in [-0.25, -0.2) is 9.97 Å². The van der Waals surface area contributed by atoms with Crippen LogP contribution in [0.5, 0.6) is 0 Å². The van der Waals surface area contributed by atoms with Crippen LogP contribution in [0.4, 0.5) is 5.82 Å². The maximum Gasteiger partial charge on any atom is 0.133 e. The van der Waals surface area contributed by atoms with Crippen molar-refractivity contribution in [2.24, 2.45) is 17.6 Å². The molecule has 2 fully saturated rings. The van der Waals surface area contributed by atoms with Crippen molar-refractivity contribution < 1.29 is 0 Å². The predicted molar refractivity (Wildman–Crippen MR) is 74.8 cm³/mol. The first kappa shape index (κ1) is 12.2. The van der Waals surface area contributed by atoms with Crippen LogP contribution < -0.4 is 10.6 Å². The fourth-order valence-electron chi connectivity index (χ4n) is 3.32. The summed E-state index contributed by atoms with van der Waals surface area (Å²) in [5.41, 5.74) is 6.25. The van der Waals surface area contributed by atoms with Gasteiger partial charge in [0.1, 0.15) is 17.2 Å². The molecular formula is C13H20N4S. The minimum Gasteiger partial charge on any atom is -0.356 e. The van der Waals surface area contributed by atoms with Crippen LogP contribution in [0.3, 0.4) is 0 Å². The van der Waals surface area contributed by atoms with Gasteiger partial charge in [-0.05, 0) is 30.9 Å². The van der Waals surface area contributed by atoms with Crippen molar-refractivity contribution in [1.82, 2.24) is 9.97 Å². The van der Waals surface area contributed by atoms with E-state index in [1.165, 1.54) is 19.3 Å². The third-order valence-corrected chi connectivity index (χ3v) is 4.96. The minimum atomic E-state index is 0.385. The van der Waals surface area contributed by atoms with Gasteiger partial charge in [-0.3, -0.25) is 0 Å². The van der Waals surface area contributed by atoms with E-state index in [4.69, 9.17) is 5.73 Å². The molecule has 2 aliphatic rings. The highest BCUT2D eigenvalue weighted by molar-refractivity contribution is 7.98. The average molecular weight is 264 g/mol. The Hall–Kier alpha value is -0.810. The Bertz CT molecular complexity index is 425. The molecule has 3 atom stereocenters. The van der Waals surface area contributed by atoms with E-state index in [9.17, 15) is 0 Å². The zero-order valence-corrected chi connectivity index (χ0v) is 11.6. The number of nitrogens with zero attached hydrogens (tertiary/aromatic N) is 3. The van der Waals surface area contributed by atoms with Crippen LogP contribution in [0, 0.1) is 11.8 Å². The van der Waals surface area contributed by atoms with Gasteiger partial charge in [0.25, 0.3) is 0 Å². The number of anilines is 1. The molecule has 5 heteroatoms. The fraction of sp³-hybridized carbons (Fsp3) is 0.692. The molecule has 1 aliphatic heterocycles. The Morgan fingerprint density at radius 2 is 2.22 bits per heavy atom. The van der Waals surface area contributed by atoms with Crippen LogP contribution in [0.15, 0.2) is 17.4 Å². The summed E-state index contributed by atoms with van der Waals surface area (Å²) < 4.78 is 0. The molecule has 18 heavy (non-hydrogen) atoms. The van der Waals surface area contributed by atoms with Gasteiger partial charge < -0.3 is 10.6 Å². The standard InChI is InChI=1S/C13H20N4S/c1-18-13-5-12(15-8-16-13)17-6-9-3-2-4-11(14)10(9)7-17/h5,8-11H,2-4,6-7,14H2,1H3. The first-order chi connectivity index (χ1) is 8.78. The largest absolute Gasteiger partial charge is 0.356 e. The van der Waals surface area contributed by atoms with Crippen LogP contribution in [0.2, 0.25) is 0 Å². The van der Waals surface area contributed by atoms with Gasteiger partial charge in [-0.1, -0.05) is 6.42 Å². The lowest BCUT2D eigenvalue weighted by Crippen LogP contribution is -2.38. The zero-order chi connectivity index (χ0) is 12.5. The summed E-state index contributed by atoms with van der Waals surface area (Å²) in [5, 5.41) is 1.04. The summed E-state index contributed by atoms with van der Waals surface area (Å²) in [6, 6.07) is 2.48. The number of rotatable bonds is 2. The van der Waals surface area contributed by atoms with Crippen molar-refractivity contribution >= 4 is 17.6 Å². The van der Waals surface area contributed by atoms with Gasteiger partial charge in [0.15, 0.2) is 0 Å². The summed E-state index contributed by atoms with van der Waals surface area (Å²) in [4.78, 5) is 11.0. The summed E-state index contributed by atoms with van der Waals surface area (Å²) in [7, 11) is 0. The Balaban J connectivity index is 1.78. The van der Waals surface area contributed by atoms with Gasteiger partial charge in [-0.2, -0.15) is 0 Å². The number of aromatic nitrogens is 2. The van der Waals surface area contributed by atoms with Crippen molar-refractivity contribution in [3.63, 3.8) is 0 Å². The van der Waals surface area contributed by atoms with E-state index in [-0.39, 0.29) is 0 Å². The van der Waals surface area contributed by atoms with E-state index >= 15 is 0 Å². The molecule has 0 bridgehead atoms. The first-order valence-electron chi connectivity index (χ1n) is 6.64. The summed E-state index contributed by atoms with van der Waals surface area (Å²) in [6.45, 7) is 2.18. The quantitative estimate of drug-likeness (QED) is 0.651. The molecule has 1 saturated heterocycles. The molecule has 0 spiro atoms. The monoisotopic (exact) mass is 264 g/mol. The predicted octanol–water partition coefficient (Wildman–Crippen LogP) is 1.76. The van der Waals surface area contributed by atoms with E-state index in [2.05, 4.69) is 20.9 Å². The number of hydrogen-bond acceptors (Lipinski definition) is 5. The number of nitrogens with two attached hydrogens (primary N) is 1. The molecule has 3 rings (SSSR count). The molecule has 1 aromatic rings. The number of hydrogen-bond donors (Lipinski definition) is 1. The van der Waals surface area contributed by atoms with Gasteiger partial charge in [-0.15, -0.1) is 11.8 Å². The lowest BCUT2D eigenvalue weighted by Gasteiger charge is -2.29.